The number of anilines is 2. The molecule has 2 aromatic rings. The van der Waals surface area contributed by atoms with Gasteiger partial charge in [0.15, 0.2) is 5.13 Å². The molecule has 0 unspecified atom stereocenters. The summed E-state index contributed by atoms with van der Waals surface area (Å²) in [7, 11) is 0. The minimum atomic E-state index is -0.150. The zero-order chi connectivity index (χ0) is 14.7. The topological polar surface area (TPSA) is 80.0 Å². The van der Waals surface area contributed by atoms with Crippen LogP contribution in [0, 0.1) is 13.8 Å². The highest BCUT2D eigenvalue weighted by molar-refractivity contribution is 7.15. The van der Waals surface area contributed by atoms with Crippen molar-refractivity contribution in [1.29, 1.82) is 0 Å². The van der Waals surface area contributed by atoms with E-state index >= 15 is 0 Å². The van der Waals surface area contributed by atoms with Gasteiger partial charge in [0.1, 0.15) is 0 Å². The Kier molecular flexibility index (Phi) is 4.36. The van der Waals surface area contributed by atoms with E-state index < -0.39 is 0 Å². The molecule has 0 bridgehead atoms. The fraction of sp³-hybridized carbons (Fsp3) is 0.286. The first kappa shape index (κ1) is 14.5. The Morgan fingerprint density at radius 2 is 2.15 bits per heavy atom. The van der Waals surface area contributed by atoms with Crippen LogP contribution in [-0.4, -0.2) is 10.9 Å². The van der Waals surface area contributed by atoms with Gasteiger partial charge < -0.3 is 5.43 Å². The third kappa shape index (κ3) is 2.97. The molecule has 0 aliphatic carbocycles. The van der Waals surface area contributed by atoms with Crippen molar-refractivity contribution in [1.82, 2.24) is 4.98 Å². The molecule has 0 aliphatic rings. The average Bonchev–Trinajstić information content (AvgIpc) is 2.78. The van der Waals surface area contributed by atoms with Gasteiger partial charge in [-0.15, -0.1) is 11.3 Å². The van der Waals surface area contributed by atoms with Crippen LogP contribution in [0.3, 0.4) is 0 Å². The molecule has 0 aliphatic heterocycles. The highest BCUT2D eigenvalue weighted by atomic mass is 32.1. The summed E-state index contributed by atoms with van der Waals surface area (Å²) in [5.74, 6) is 5.19. The first-order valence-corrected chi connectivity index (χ1v) is 7.21. The molecule has 1 aromatic heterocycles. The van der Waals surface area contributed by atoms with Crippen molar-refractivity contribution >= 4 is 28.1 Å². The van der Waals surface area contributed by atoms with Gasteiger partial charge >= 0.3 is 0 Å². The number of nitrogens with two attached hydrogens (primary N) is 1. The second-order valence-electron chi connectivity index (χ2n) is 4.50. The molecule has 0 saturated carbocycles. The van der Waals surface area contributed by atoms with E-state index in [-0.39, 0.29) is 5.91 Å². The number of aryl methyl sites for hydroxylation is 3. The molecule has 6 heteroatoms. The molecular formula is C14H18N4OS. The predicted molar refractivity (Wildman–Crippen MR) is 83.2 cm³/mol. The summed E-state index contributed by atoms with van der Waals surface area (Å²) in [5, 5.41) is 3.49. The molecule has 2 rings (SSSR count). The highest BCUT2D eigenvalue weighted by Gasteiger charge is 2.13. The first-order chi connectivity index (χ1) is 9.55. The molecule has 0 spiro atoms. The molecule has 4 N–H and O–H groups in total. The second kappa shape index (κ2) is 6.02. The van der Waals surface area contributed by atoms with Crippen LogP contribution in [0.5, 0.6) is 0 Å². The van der Waals surface area contributed by atoms with Crippen molar-refractivity contribution in [2.24, 2.45) is 5.84 Å². The number of hydrazine groups is 1. The molecule has 0 atom stereocenters. The minimum absolute atomic E-state index is 0.150. The number of thiazole rings is 1. The maximum atomic E-state index is 12.2. The number of nitrogen functional groups attached to an aromatic ring is 1. The lowest BCUT2D eigenvalue weighted by Gasteiger charge is -2.07. The number of carbonyl (C=O) groups is 1. The number of amides is 1. The number of rotatable bonds is 4. The highest BCUT2D eigenvalue weighted by Crippen LogP contribution is 2.23. The summed E-state index contributed by atoms with van der Waals surface area (Å²) < 4.78 is 0. The minimum Gasteiger partial charge on any atom is -0.324 e. The van der Waals surface area contributed by atoms with E-state index in [0.717, 1.165) is 28.2 Å². The van der Waals surface area contributed by atoms with Gasteiger partial charge in [0, 0.05) is 16.1 Å². The normalized spacial score (nSPS) is 10.4. The number of nitrogens with one attached hydrogen (secondary N) is 2. The van der Waals surface area contributed by atoms with Gasteiger partial charge in [-0.1, -0.05) is 6.92 Å². The van der Waals surface area contributed by atoms with Gasteiger partial charge in [-0.2, -0.15) is 0 Å². The van der Waals surface area contributed by atoms with Crippen LogP contribution in [-0.2, 0) is 6.42 Å². The van der Waals surface area contributed by atoms with E-state index in [9.17, 15) is 4.79 Å². The summed E-state index contributed by atoms with van der Waals surface area (Å²) in [6.45, 7) is 5.94. The van der Waals surface area contributed by atoms with Gasteiger partial charge in [-0.05, 0) is 44.0 Å². The van der Waals surface area contributed by atoms with Gasteiger partial charge in [-0.3, -0.25) is 16.0 Å². The second-order valence-corrected chi connectivity index (χ2v) is 5.71. The lowest BCUT2D eigenvalue weighted by Crippen LogP contribution is -2.14. The molecule has 1 amide bonds. The smallest absolute Gasteiger partial charge is 0.257 e. The molecular weight excluding hydrogens is 272 g/mol. The van der Waals surface area contributed by atoms with E-state index in [4.69, 9.17) is 5.84 Å². The third-order valence-corrected chi connectivity index (χ3v) is 4.01. The monoisotopic (exact) mass is 290 g/mol. The van der Waals surface area contributed by atoms with E-state index in [2.05, 4.69) is 22.7 Å². The van der Waals surface area contributed by atoms with Crippen molar-refractivity contribution in [3.8, 4) is 0 Å². The average molecular weight is 290 g/mol. The van der Waals surface area contributed by atoms with E-state index in [0.29, 0.717) is 10.7 Å². The maximum absolute atomic E-state index is 12.2. The Labute approximate surface area is 122 Å². The van der Waals surface area contributed by atoms with Crippen molar-refractivity contribution < 1.29 is 4.79 Å². The molecule has 1 aromatic carbocycles. The maximum Gasteiger partial charge on any atom is 0.257 e. The fourth-order valence-electron chi connectivity index (χ4n) is 1.98. The molecule has 5 nitrogen and oxygen atoms in total. The van der Waals surface area contributed by atoms with Crippen molar-refractivity contribution in [2.75, 3.05) is 10.7 Å². The fourth-order valence-corrected chi connectivity index (χ4v) is 2.88. The standard InChI is InChI=1S/C14H18N4OS/c1-4-12-9(3)20-14(16-12)17-13(19)11-6-5-10(18-15)7-8(11)2/h5-7,18H,4,15H2,1-3H3,(H,16,17,19). The quantitative estimate of drug-likeness (QED) is 0.597. The molecule has 20 heavy (non-hydrogen) atoms. The Morgan fingerprint density at radius 1 is 1.40 bits per heavy atom. The Hall–Kier alpha value is -1.92. The van der Waals surface area contributed by atoms with Crippen molar-refractivity contribution in [2.45, 2.75) is 27.2 Å². The third-order valence-electron chi connectivity index (χ3n) is 3.09. The zero-order valence-corrected chi connectivity index (χ0v) is 12.6. The van der Waals surface area contributed by atoms with Gasteiger partial charge in [0.2, 0.25) is 0 Å². The molecule has 0 radical (unpaired) electrons. The van der Waals surface area contributed by atoms with Crippen LogP contribution >= 0.6 is 11.3 Å². The number of hydrogen-bond acceptors (Lipinski definition) is 5. The first-order valence-electron chi connectivity index (χ1n) is 6.40. The number of carbonyl (C=O) groups excluding carboxylic acids is 1. The Balaban J connectivity index is 2.19. The van der Waals surface area contributed by atoms with Gasteiger partial charge in [0.05, 0.1) is 5.69 Å². The van der Waals surface area contributed by atoms with Crippen LogP contribution in [0.1, 0.15) is 33.4 Å². The van der Waals surface area contributed by atoms with Crippen molar-refractivity contribution in [3.05, 3.63) is 39.9 Å². The van der Waals surface area contributed by atoms with Gasteiger partial charge in [0.25, 0.3) is 5.91 Å². The summed E-state index contributed by atoms with van der Waals surface area (Å²) in [6.07, 6.45) is 0.869. The van der Waals surface area contributed by atoms with Crippen LogP contribution < -0.4 is 16.6 Å². The molecule has 0 fully saturated rings. The van der Waals surface area contributed by atoms with Crippen LogP contribution in [0.2, 0.25) is 0 Å². The molecule has 0 saturated heterocycles. The van der Waals surface area contributed by atoms with E-state index in [1.54, 1.807) is 12.1 Å². The number of aromatic nitrogens is 1. The molecule has 106 valence electrons. The van der Waals surface area contributed by atoms with Crippen LogP contribution in [0.25, 0.3) is 0 Å². The summed E-state index contributed by atoms with van der Waals surface area (Å²) in [5.41, 5.74) is 5.85. The van der Waals surface area contributed by atoms with E-state index in [1.807, 2.05) is 19.9 Å². The summed E-state index contributed by atoms with van der Waals surface area (Å²) >= 11 is 1.50. The Bertz CT molecular complexity index is 636. The number of hydrogen-bond donors (Lipinski definition) is 3. The molecule has 1 heterocycles. The summed E-state index contributed by atoms with van der Waals surface area (Å²) in [6, 6.07) is 5.35. The zero-order valence-electron chi connectivity index (χ0n) is 11.8. The van der Waals surface area contributed by atoms with Gasteiger partial charge in [-0.25, -0.2) is 4.98 Å². The largest absolute Gasteiger partial charge is 0.324 e. The number of nitrogens with zero attached hydrogens (tertiary/aromatic N) is 1. The predicted octanol–water partition coefficient (Wildman–Crippen LogP) is 2.86. The van der Waals surface area contributed by atoms with Crippen LogP contribution in [0.15, 0.2) is 18.2 Å². The van der Waals surface area contributed by atoms with Crippen molar-refractivity contribution in [3.63, 3.8) is 0 Å². The Morgan fingerprint density at radius 3 is 2.70 bits per heavy atom. The van der Waals surface area contributed by atoms with E-state index in [1.165, 1.54) is 11.3 Å². The lowest BCUT2D eigenvalue weighted by atomic mass is 10.1. The van der Waals surface area contributed by atoms with Crippen LogP contribution in [0.4, 0.5) is 10.8 Å². The number of benzene rings is 1. The lowest BCUT2D eigenvalue weighted by molar-refractivity contribution is 0.102. The summed E-state index contributed by atoms with van der Waals surface area (Å²) in [4.78, 5) is 17.8. The SMILES string of the molecule is CCc1nc(NC(=O)c2ccc(NN)cc2C)sc1C.